The third kappa shape index (κ3) is 4.94. The van der Waals surface area contributed by atoms with Crippen molar-refractivity contribution in [2.45, 2.75) is 19.0 Å². The maximum absolute atomic E-state index is 12.6. The molecule has 0 unspecified atom stereocenters. The van der Waals surface area contributed by atoms with E-state index in [0.717, 1.165) is 12.1 Å². The van der Waals surface area contributed by atoms with Gasteiger partial charge in [0.25, 0.3) is 6.43 Å². The molecule has 0 fully saturated rings. The Morgan fingerprint density at radius 2 is 1.84 bits per heavy atom. The van der Waals surface area contributed by atoms with Crippen LogP contribution in [0.1, 0.15) is 22.3 Å². The van der Waals surface area contributed by atoms with Crippen LogP contribution in [0.4, 0.5) is 22.0 Å². The van der Waals surface area contributed by atoms with Crippen molar-refractivity contribution in [3.8, 4) is 0 Å². The second kappa shape index (κ2) is 6.60. The molecule has 0 saturated carbocycles. The van der Waals surface area contributed by atoms with Crippen molar-refractivity contribution in [2.75, 3.05) is 13.2 Å². The van der Waals surface area contributed by atoms with Gasteiger partial charge in [-0.3, -0.25) is 4.79 Å². The van der Waals surface area contributed by atoms with Crippen molar-refractivity contribution in [2.24, 2.45) is 0 Å². The minimum Gasteiger partial charge on any atom is -0.375 e. The summed E-state index contributed by atoms with van der Waals surface area (Å²) in [7, 11) is 0. The number of hydrogen-bond donors (Lipinski definition) is 0. The lowest BCUT2D eigenvalue weighted by Crippen LogP contribution is -2.15. The van der Waals surface area contributed by atoms with E-state index in [0.29, 0.717) is 0 Å². The average Bonchev–Trinajstić information content (AvgIpc) is 2.33. The van der Waals surface area contributed by atoms with E-state index in [1.807, 2.05) is 0 Å². The van der Waals surface area contributed by atoms with Crippen LogP contribution in [0.5, 0.6) is 0 Å². The number of halogens is 5. The summed E-state index contributed by atoms with van der Waals surface area (Å²) in [5.41, 5.74) is -1.51. The van der Waals surface area contributed by atoms with Gasteiger partial charge >= 0.3 is 6.18 Å². The molecule has 2 nitrogen and oxygen atoms in total. The van der Waals surface area contributed by atoms with E-state index in [1.165, 1.54) is 12.1 Å². The number of ketones is 1. The highest BCUT2D eigenvalue weighted by molar-refractivity contribution is 5.97. The molecule has 0 aliphatic heterocycles. The number of Topliss-reactive ketones (excluding diaryl/α,β-unsaturated/α-hetero) is 1. The van der Waals surface area contributed by atoms with Gasteiger partial charge in [0, 0.05) is 12.0 Å². The van der Waals surface area contributed by atoms with Crippen molar-refractivity contribution >= 4 is 5.78 Å². The Balaban J connectivity index is 2.67. The third-order valence-corrected chi connectivity index (χ3v) is 2.25. The first-order valence-electron chi connectivity index (χ1n) is 5.37. The van der Waals surface area contributed by atoms with Gasteiger partial charge in [-0.05, 0) is 6.07 Å². The molecule has 0 bridgehead atoms. The second-order valence-electron chi connectivity index (χ2n) is 3.68. The largest absolute Gasteiger partial charge is 0.417 e. The lowest BCUT2D eigenvalue weighted by atomic mass is 10.0. The van der Waals surface area contributed by atoms with Crippen molar-refractivity contribution in [1.82, 2.24) is 0 Å². The van der Waals surface area contributed by atoms with Crippen LogP contribution < -0.4 is 0 Å². The quantitative estimate of drug-likeness (QED) is 0.453. The van der Waals surface area contributed by atoms with Gasteiger partial charge in [-0.1, -0.05) is 18.2 Å². The van der Waals surface area contributed by atoms with Crippen LogP contribution in [0.15, 0.2) is 24.3 Å². The Hall–Kier alpha value is -1.50. The normalized spacial score (nSPS) is 11.9. The molecule has 0 spiro atoms. The fourth-order valence-electron chi connectivity index (χ4n) is 1.45. The average molecular weight is 282 g/mol. The van der Waals surface area contributed by atoms with Crippen LogP contribution >= 0.6 is 0 Å². The number of hydrogen-bond acceptors (Lipinski definition) is 2. The molecule has 0 atom stereocenters. The molecule has 19 heavy (non-hydrogen) atoms. The zero-order valence-electron chi connectivity index (χ0n) is 9.71. The number of rotatable bonds is 6. The minimum atomic E-state index is -4.63. The Morgan fingerprint density at radius 1 is 1.21 bits per heavy atom. The first-order valence-corrected chi connectivity index (χ1v) is 5.37. The third-order valence-electron chi connectivity index (χ3n) is 2.25. The van der Waals surface area contributed by atoms with E-state index in [4.69, 9.17) is 0 Å². The fraction of sp³-hybridized carbons (Fsp3) is 0.417. The van der Waals surface area contributed by atoms with Crippen LogP contribution in [0, 0.1) is 0 Å². The summed E-state index contributed by atoms with van der Waals surface area (Å²) in [5.74, 6) is -0.790. The van der Waals surface area contributed by atoms with Gasteiger partial charge in [0.15, 0.2) is 5.78 Å². The number of carbonyl (C=O) groups is 1. The summed E-state index contributed by atoms with van der Waals surface area (Å²) in [4.78, 5) is 11.6. The SMILES string of the molecule is O=C(CCOCC(F)F)c1ccccc1C(F)(F)F. The Kier molecular flexibility index (Phi) is 5.41. The highest BCUT2D eigenvalue weighted by atomic mass is 19.4. The van der Waals surface area contributed by atoms with Gasteiger partial charge in [0.1, 0.15) is 6.61 Å². The molecule has 1 aromatic rings. The van der Waals surface area contributed by atoms with Crippen molar-refractivity contribution in [3.05, 3.63) is 35.4 Å². The summed E-state index contributed by atoms with van der Waals surface area (Å²) in [6.45, 7) is -1.18. The molecule has 0 heterocycles. The smallest absolute Gasteiger partial charge is 0.375 e. The summed E-state index contributed by atoms with van der Waals surface area (Å²) >= 11 is 0. The first-order chi connectivity index (χ1) is 8.82. The molecule has 1 aromatic carbocycles. The molecule has 0 aromatic heterocycles. The van der Waals surface area contributed by atoms with Gasteiger partial charge in [-0.25, -0.2) is 8.78 Å². The first kappa shape index (κ1) is 15.6. The zero-order valence-corrected chi connectivity index (χ0v) is 9.71. The van der Waals surface area contributed by atoms with Crippen LogP contribution in [-0.2, 0) is 10.9 Å². The van der Waals surface area contributed by atoms with Gasteiger partial charge in [-0.15, -0.1) is 0 Å². The number of alkyl halides is 5. The molecule has 106 valence electrons. The molecule has 1 rings (SSSR count). The van der Waals surface area contributed by atoms with Crippen LogP contribution in [0.3, 0.4) is 0 Å². The highest BCUT2D eigenvalue weighted by Crippen LogP contribution is 2.32. The maximum Gasteiger partial charge on any atom is 0.417 e. The fourth-order valence-corrected chi connectivity index (χ4v) is 1.45. The van der Waals surface area contributed by atoms with E-state index in [2.05, 4.69) is 4.74 Å². The van der Waals surface area contributed by atoms with E-state index in [1.54, 1.807) is 0 Å². The Morgan fingerprint density at radius 3 is 2.42 bits per heavy atom. The predicted octanol–water partition coefficient (Wildman–Crippen LogP) is 3.56. The van der Waals surface area contributed by atoms with Gasteiger partial charge < -0.3 is 4.74 Å². The lowest BCUT2D eigenvalue weighted by molar-refractivity contribution is -0.137. The monoisotopic (exact) mass is 282 g/mol. The summed E-state index contributed by atoms with van der Waals surface area (Å²) in [6, 6.07) is 4.33. The van der Waals surface area contributed by atoms with Crippen molar-refractivity contribution in [1.29, 1.82) is 0 Å². The van der Waals surface area contributed by atoms with E-state index >= 15 is 0 Å². The molecule has 7 heteroatoms. The van der Waals surface area contributed by atoms with E-state index in [-0.39, 0.29) is 13.0 Å². The molecule has 0 aliphatic rings. The van der Waals surface area contributed by atoms with Crippen LogP contribution in [-0.4, -0.2) is 25.4 Å². The predicted molar refractivity (Wildman–Crippen MR) is 57.2 cm³/mol. The zero-order chi connectivity index (χ0) is 14.5. The Bertz CT molecular complexity index is 428. The van der Waals surface area contributed by atoms with Crippen molar-refractivity contribution < 1.29 is 31.5 Å². The van der Waals surface area contributed by atoms with E-state index < -0.39 is 36.1 Å². The lowest BCUT2D eigenvalue weighted by Gasteiger charge is -2.11. The molecule has 0 amide bonds. The van der Waals surface area contributed by atoms with Gasteiger partial charge in [0.2, 0.25) is 0 Å². The van der Waals surface area contributed by atoms with Crippen LogP contribution in [0.2, 0.25) is 0 Å². The highest BCUT2D eigenvalue weighted by Gasteiger charge is 2.34. The summed E-state index contributed by atoms with van der Waals surface area (Å²) in [6.07, 6.45) is -7.67. The van der Waals surface area contributed by atoms with Gasteiger partial charge in [0.05, 0.1) is 12.2 Å². The summed E-state index contributed by atoms with van der Waals surface area (Å²) < 4.78 is 65.8. The number of ether oxygens (including phenoxy) is 1. The molecule has 0 saturated heterocycles. The summed E-state index contributed by atoms with van der Waals surface area (Å²) in [5, 5.41) is 0. The molecular formula is C12H11F5O2. The molecule has 0 N–H and O–H groups in total. The Labute approximate surface area is 106 Å². The molecule has 0 aliphatic carbocycles. The van der Waals surface area contributed by atoms with Gasteiger partial charge in [-0.2, -0.15) is 13.2 Å². The number of carbonyl (C=O) groups excluding carboxylic acids is 1. The standard InChI is InChI=1S/C12H11F5O2/c13-11(14)7-19-6-5-10(18)8-3-1-2-4-9(8)12(15,16)17/h1-4,11H,5-7H2. The second-order valence-corrected chi connectivity index (χ2v) is 3.68. The van der Waals surface area contributed by atoms with Crippen LogP contribution in [0.25, 0.3) is 0 Å². The maximum atomic E-state index is 12.6. The van der Waals surface area contributed by atoms with E-state index in [9.17, 15) is 26.7 Å². The molecule has 0 radical (unpaired) electrons. The topological polar surface area (TPSA) is 26.3 Å². The molecular weight excluding hydrogens is 271 g/mol. The minimum absolute atomic E-state index is 0.338. The number of benzene rings is 1. The van der Waals surface area contributed by atoms with Crippen molar-refractivity contribution in [3.63, 3.8) is 0 Å².